The van der Waals surface area contributed by atoms with Gasteiger partial charge in [0.1, 0.15) is 0 Å². The van der Waals surface area contributed by atoms with Crippen LogP contribution < -0.4 is 10.0 Å². The maximum absolute atomic E-state index is 12.1. The van der Waals surface area contributed by atoms with Gasteiger partial charge in [-0.15, -0.1) is 0 Å². The topological polar surface area (TPSA) is 131 Å². The molecule has 2 aromatic rings. The number of nitrogens with zero attached hydrogens (tertiary/aromatic N) is 2. The van der Waals surface area contributed by atoms with Crippen molar-refractivity contribution < 1.29 is 18.1 Å². The van der Waals surface area contributed by atoms with Crippen molar-refractivity contribution >= 4 is 21.6 Å². The Morgan fingerprint density at radius 3 is 2.67 bits per heavy atom. The van der Waals surface area contributed by atoms with E-state index in [0.717, 1.165) is 6.07 Å². The average molecular weight is 350 g/mol. The molecule has 0 radical (unpaired) electrons. The molecular formula is C14H14N4O5S. The number of pyridine rings is 1. The van der Waals surface area contributed by atoms with Gasteiger partial charge in [-0.05, 0) is 18.2 Å². The molecule has 1 aromatic heterocycles. The van der Waals surface area contributed by atoms with Crippen molar-refractivity contribution in [2.24, 2.45) is 0 Å². The van der Waals surface area contributed by atoms with Gasteiger partial charge in [0.05, 0.1) is 15.4 Å². The van der Waals surface area contributed by atoms with Crippen LogP contribution in [0.2, 0.25) is 0 Å². The van der Waals surface area contributed by atoms with Gasteiger partial charge in [0.25, 0.3) is 11.6 Å². The Labute approximate surface area is 137 Å². The fourth-order valence-electron chi connectivity index (χ4n) is 1.81. The Balaban J connectivity index is 1.90. The summed E-state index contributed by atoms with van der Waals surface area (Å²) >= 11 is 0. The standard InChI is InChI=1S/C14H14N4O5S/c19-14(11-3-2-6-15-10-11)16-7-8-17-24(22,23)13-5-1-4-12(9-13)18(20)21/h1-6,9-10,17H,7-8H2,(H,16,19). The minimum absolute atomic E-state index is 0.0574. The van der Waals surface area contributed by atoms with Crippen molar-refractivity contribution in [2.45, 2.75) is 4.90 Å². The van der Waals surface area contributed by atoms with Crippen LogP contribution in [-0.4, -0.2) is 37.3 Å². The zero-order chi connectivity index (χ0) is 17.6. The first kappa shape index (κ1) is 17.5. The third-order valence-electron chi connectivity index (χ3n) is 2.97. The van der Waals surface area contributed by atoms with E-state index >= 15 is 0 Å². The Morgan fingerprint density at radius 1 is 1.21 bits per heavy atom. The molecule has 126 valence electrons. The van der Waals surface area contributed by atoms with Gasteiger partial charge in [0, 0.05) is 37.6 Å². The van der Waals surface area contributed by atoms with E-state index in [-0.39, 0.29) is 29.6 Å². The SMILES string of the molecule is O=C(NCCNS(=O)(=O)c1cccc([N+](=O)[O-])c1)c1cccnc1. The summed E-state index contributed by atoms with van der Waals surface area (Å²) in [4.78, 5) is 25.4. The van der Waals surface area contributed by atoms with E-state index in [2.05, 4.69) is 15.0 Å². The number of benzene rings is 1. The molecule has 1 heterocycles. The minimum atomic E-state index is -3.90. The lowest BCUT2D eigenvalue weighted by molar-refractivity contribution is -0.385. The predicted molar refractivity (Wildman–Crippen MR) is 84.9 cm³/mol. The van der Waals surface area contributed by atoms with Crippen LogP contribution in [0.25, 0.3) is 0 Å². The molecule has 0 aliphatic heterocycles. The highest BCUT2D eigenvalue weighted by atomic mass is 32.2. The number of carbonyl (C=O) groups excluding carboxylic acids is 1. The van der Waals surface area contributed by atoms with Crippen LogP contribution in [0.5, 0.6) is 0 Å². The molecule has 24 heavy (non-hydrogen) atoms. The third kappa shape index (κ3) is 4.57. The van der Waals surface area contributed by atoms with Crippen LogP contribution in [0.1, 0.15) is 10.4 Å². The van der Waals surface area contributed by atoms with Gasteiger partial charge >= 0.3 is 0 Å². The first-order valence-electron chi connectivity index (χ1n) is 6.82. The number of nitro benzene ring substituents is 1. The van der Waals surface area contributed by atoms with Gasteiger partial charge in [0.2, 0.25) is 10.0 Å². The quantitative estimate of drug-likeness (QED) is 0.429. The highest BCUT2D eigenvalue weighted by molar-refractivity contribution is 7.89. The second kappa shape index (κ2) is 7.62. The monoisotopic (exact) mass is 350 g/mol. The molecule has 0 aliphatic carbocycles. The number of aromatic nitrogens is 1. The van der Waals surface area contributed by atoms with Gasteiger partial charge in [-0.3, -0.25) is 19.9 Å². The first-order chi connectivity index (χ1) is 11.4. The maximum Gasteiger partial charge on any atom is 0.270 e. The van der Waals surface area contributed by atoms with E-state index in [1.165, 1.54) is 30.6 Å². The highest BCUT2D eigenvalue weighted by Crippen LogP contribution is 2.16. The van der Waals surface area contributed by atoms with Crippen molar-refractivity contribution in [1.82, 2.24) is 15.0 Å². The summed E-state index contributed by atoms with van der Waals surface area (Å²) in [5.41, 5.74) is 0.0433. The summed E-state index contributed by atoms with van der Waals surface area (Å²) in [5, 5.41) is 13.2. The second-order valence-corrected chi connectivity index (χ2v) is 6.42. The molecule has 1 amide bonds. The van der Waals surface area contributed by atoms with Crippen LogP contribution in [0, 0.1) is 10.1 Å². The molecule has 0 fully saturated rings. The molecule has 0 saturated heterocycles. The largest absolute Gasteiger partial charge is 0.351 e. The summed E-state index contributed by atoms with van der Waals surface area (Å²) < 4.78 is 26.4. The van der Waals surface area contributed by atoms with E-state index in [9.17, 15) is 23.3 Å². The minimum Gasteiger partial charge on any atom is -0.351 e. The van der Waals surface area contributed by atoms with Gasteiger partial charge in [-0.1, -0.05) is 6.07 Å². The Hall–Kier alpha value is -2.85. The summed E-state index contributed by atoms with van der Waals surface area (Å²) in [6.07, 6.45) is 2.92. The second-order valence-electron chi connectivity index (χ2n) is 4.65. The van der Waals surface area contributed by atoms with Gasteiger partial charge in [0.15, 0.2) is 0 Å². The lowest BCUT2D eigenvalue weighted by atomic mass is 10.3. The van der Waals surface area contributed by atoms with Crippen molar-refractivity contribution in [3.05, 3.63) is 64.5 Å². The Bertz CT molecular complexity index is 839. The van der Waals surface area contributed by atoms with Crippen LogP contribution in [0.3, 0.4) is 0 Å². The normalized spacial score (nSPS) is 11.0. The summed E-state index contributed by atoms with van der Waals surface area (Å²) in [6, 6.07) is 7.90. The van der Waals surface area contributed by atoms with Gasteiger partial charge in [-0.2, -0.15) is 0 Å². The highest BCUT2D eigenvalue weighted by Gasteiger charge is 2.17. The van der Waals surface area contributed by atoms with Gasteiger partial charge < -0.3 is 5.32 Å². The molecule has 0 spiro atoms. The third-order valence-corrected chi connectivity index (χ3v) is 4.42. The van der Waals surface area contributed by atoms with Crippen LogP contribution >= 0.6 is 0 Å². The molecule has 0 bridgehead atoms. The fraction of sp³-hybridized carbons (Fsp3) is 0.143. The number of non-ortho nitro benzene ring substituents is 1. The molecule has 9 nitrogen and oxygen atoms in total. The maximum atomic E-state index is 12.1. The van der Waals surface area contributed by atoms with Crippen LogP contribution in [-0.2, 0) is 10.0 Å². The Morgan fingerprint density at radius 2 is 2.00 bits per heavy atom. The lowest BCUT2D eigenvalue weighted by Crippen LogP contribution is -2.34. The summed E-state index contributed by atoms with van der Waals surface area (Å²) in [5.74, 6) is -0.377. The lowest BCUT2D eigenvalue weighted by Gasteiger charge is -2.08. The first-order valence-corrected chi connectivity index (χ1v) is 8.31. The molecule has 0 aliphatic rings. The number of rotatable bonds is 7. The summed E-state index contributed by atoms with van der Waals surface area (Å²) in [7, 11) is -3.90. The van der Waals surface area contributed by atoms with Crippen LogP contribution in [0.15, 0.2) is 53.7 Å². The molecule has 2 rings (SSSR count). The molecule has 2 N–H and O–H groups in total. The van der Waals surface area contributed by atoms with Crippen LogP contribution in [0.4, 0.5) is 5.69 Å². The van der Waals surface area contributed by atoms with Crippen molar-refractivity contribution in [3.63, 3.8) is 0 Å². The summed E-state index contributed by atoms with van der Waals surface area (Å²) in [6.45, 7) is -0.00108. The van der Waals surface area contributed by atoms with Crippen molar-refractivity contribution in [2.75, 3.05) is 13.1 Å². The van der Waals surface area contributed by atoms with E-state index in [1.54, 1.807) is 12.1 Å². The molecule has 10 heteroatoms. The number of hydrogen-bond acceptors (Lipinski definition) is 6. The molecular weight excluding hydrogens is 336 g/mol. The number of hydrogen-bond donors (Lipinski definition) is 2. The number of nitro groups is 1. The Kier molecular flexibility index (Phi) is 5.55. The number of amides is 1. The van der Waals surface area contributed by atoms with Crippen molar-refractivity contribution in [1.29, 1.82) is 0 Å². The average Bonchev–Trinajstić information content (AvgIpc) is 2.59. The van der Waals surface area contributed by atoms with Gasteiger partial charge in [-0.25, -0.2) is 13.1 Å². The van der Waals surface area contributed by atoms with E-state index in [1.807, 2.05) is 0 Å². The zero-order valence-corrected chi connectivity index (χ0v) is 13.2. The molecule has 0 atom stereocenters. The number of carbonyl (C=O) groups is 1. The molecule has 1 aromatic carbocycles. The predicted octanol–water partition coefficient (Wildman–Crippen LogP) is 0.698. The van der Waals surface area contributed by atoms with E-state index < -0.39 is 14.9 Å². The number of nitrogens with one attached hydrogen (secondary N) is 2. The van der Waals surface area contributed by atoms with E-state index in [4.69, 9.17) is 0 Å². The zero-order valence-electron chi connectivity index (χ0n) is 12.4. The van der Waals surface area contributed by atoms with E-state index in [0.29, 0.717) is 5.56 Å². The number of sulfonamides is 1. The smallest absolute Gasteiger partial charge is 0.270 e. The van der Waals surface area contributed by atoms with Crippen molar-refractivity contribution in [3.8, 4) is 0 Å². The molecule has 0 saturated carbocycles. The molecule has 0 unspecified atom stereocenters. The fourth-order valence-corrected chi connectivity index (χ4v) is 2.88.